The third-order valence-electron chi connectivity index (χ3n) is 1.82. The predicted octanol–water partition coefficient (Wildman–Crippen LogP) is 1.92. The summed E-state index contributed by atoms with van der Waals surface area (Å²) in [5, 5.41) is 0. The molecule has 0 heterocycles. The first-order valence-corrected chi connectivity index (χ1v) is 3.89. The van der Waals surface area contributed by atoms with Crippen molar-refractivity contribution in [2.75, 3.05) is 7.11 Å². The van der Waals surface area contributed by atoms with E-state index in [1.807, 2.05) is 0 Å². The highest BCUT2D eigenvalue weighted by atomic mass is 16.7. The van der Waals surface area contributed by atoms with Gasteiger partial charge in [-0.05, 0) is 32.1 Å². The Kier molecular flexibility index (Phi) is 3.20. The molecule has 1 fully saturated rings. The van der Waals surface area contributed by atoms with Crippen LogP contribution >= 0.6 is 0 Å². The molecule has 0 amide bonds. The Morgan fingerprint density at radius 3 is 2.64 bits per heavy atom. The van der Waals surface area contributed by atoms with Gasteiger partial charge < -0.3 is 9.47 Å². The molecule has 0 spiro atoms. The minimum atomic E-state index is -0.558. The molecule has 0 aromatic rings. The lowest BCUT2D eigenvalue weighted by Gasteiger charge is -2.20. The number of hydrogen-bond donors (Lipinski definition) is 0. The monoisotopic (exact) mass is 157 g/mol. The van der Waals surface area contributed by atoms with Crippen LogP contribution in [0.3, 0.4) is 0 Å². The largest absolute Gasteiger partial charge is 0.508 e. The van der Waals surface area contributed by atoms with E-state index in [9.17, 15) is 4.79 Å². The molecule has 0 bridgehead atoms. The Morgan fingerprint density at radius 1 is 1.45 bits per heavy atom. The third kappa shape index (κ3) is 2.78. The average Bonchev–Trinajstić information content (AvgIpc) is 2.06. The van der Waals surface area contributed by atoms with E-state index in [2.05, 4.69) is 11.2 Å². The first-order valence-electron chi connectivity index (χ1n) is 3.89. The fourth-order valence-corrected chi connectivity index (χ4v) is 1.20. The minimum absolute atomic E-state index is 0.0763. The highest BCUT2D eigenvalue weighted by Gasteiger charge is 2.17. The molecule has 1 aliphatic rings. The van der Waals surface area contributed by atoms with E-state index in [-0.39, 0.29) is 6.10 Å². The van der Waals surface area contributed by atoms with Crippen molar-refractivity contribution in [2.45, 2.75) is 31.8 Å². The van der Waals surface area contributed by atoms with Crippen molar-refractivity contribution in [3.05, 3.63) is 6.42 Å². The average molecular weight is 157 g/mol. The second-order valence-corrected chi connectivity index (χ2v) is 2.64. The van der Waals surface area contributed by atoms with Crippen molar-refractivity contribution in [1.29, 1.82) is 0 Å². The standard InChI is InChI=1S/C8H13O3/c1-10-8(9)11-7-5-3-2-4-6-7/h2,7H,3-6H2,1H3. The molecule has 0 atom stereocenters. The molecule has 11 heavy (non-hydrogen) atoms. The lowest BCUT2D eigenvalue weighted by molar-refractivity contribution is 0.0268. The van der Waals surface area contributed by atoms with Crippen LogP contribution in [0.4, 0.5) is 4.79 Å². The number of methoxy groups -OCH3 is 1. The smallest absolute Gasteiger partial charge is 0.438 e. The summed E-state index contributed by atoms with van der Waals surface area (Å²) in [6.45, 7) is 0. The van der Waals surface area contributed by atoms with Crippen molar-refractivity contribution in [2.24, 2.45) is 0 Å². The molecular weight excluding hydrogens is 144 g/mol. The highest BCUT2D eigenvalue weighted by Crippen LogP contribution is 2.19. The van der Waals surface area contributed by atoms with E-state index in [0.29, 0.717) is 0 Å². The summed E-state index contributed by atoms with van der Waals surface area (Å²) in [7, 11) is 1.33. The normalized spacial score (nSPS) is 19.4. The van der Waals surface area contributed by atoms with Crippen LogP contribution in [0.5, 0.6) is 0 Å². The Hall–Kier alpha value is -0.730. The SMILES string of the molecule is COC(=O)OC1CC[CH]CC1. The number of hydrogen-bond acceptors (Lipinski definition) is 3. The summed E-state index contributed by atoms with van der Waals surface area (Å²) < 4.78 is 9.34. The van der Waals surface area contributed by atoms with E-state index >= 15 is 0 Å². The molecule has 0 aliphatic heterocycles. The van der Waals surface area contributed by atoms with Crippen molar-refractivity contribution in [3.8, 4) is 0 Å². The number of carbonyl (C=O) groups excluding carboxylic acids is 1. The zero-order chi connectivity index (χ0) is 8.10. The summed E-state index contributed by atoms with van der Waals surface area (Å²) >= 11 is 0. The van der Waals surface area contributed by atoms with Gasteiger partial charge >= 0.3 is 6.16 Å². The second kappa shape index (κ2) is 4.21. The van der Waals surface area contributed by atoms with Crippen LogP contribution < -0.4 is 0 Å². The number of ether oxygens (including phenoxy) is 2. The Balaban J connectivity index is 2.19. The van der Waals surface area contributed by atoms with Crippen molar-refractivity contribution < 1.29 is 14.3 Å². The van der Waals surface area contributed by atoms with Gasteiger partial charge in [0, 0.05) is 0 Å². The van der Waals surface area contributed by atoms with Crippen LogP contribution in [0.15, 0.2) is 0 Å². The summed E-state index contributed by atoms with van der Waals surface area (Å²) in [6, 6.07) is 0. The molecule has 0 saturated heterocycles. The summed E-state index contributed by atoms with van der Waals surface area (Å²) in [4.78, 5) is 10.6. The van der Waals surface area contributed by atoms with Gasteiger partial charge in [-0.1, -0.05) is 0 Å². The molecule has 0 aromatic heterocycles. The van der Waals surface area contributed by atoms with Crippen LogP contribution in [0.25, 0.3) is 0 Å². The van der Waals surface area contributed by atoms with Gasteiger partial charge in [-0.15, -0.1) is 0 Å². The van der Waals surface area contributed by atoms with Gasteiger partial charge in [-0.25, -0.2) is 4.79 Å². The zero-order valence-corrected chi connectivity index (χ0v) is 6.71. The molecule has 63 valence electrons. The van der Waals surface area contributed by atoms with E-state index in [4.69, 9.17) is 4.74 Å². The Morgan fingerprint density at radius 2 is 2.09 bits per heavy atom. The van der Waals surface area contributed by atoms with Gasteiger partial charge in [0.25, 0.3) is 0 Å². The molecule has 1 radical (unpaired) electrons. The van der Waals surface area contributed by atoms with Gasteiger partial charge in [-0.2, -0.15) is 0 Å². The van der Waals surface area contributed by atoms with Crippen LogP contribution in [-0.2, 0) is 9.47 Å². The van der Waals surface area contributed by atoms with E-state index in [1.165, 1.54) is 7.11 Å². The molecule has 1 aliphatic carbocycles. The molecule has 3 heteroatoms. The molecule has 3 nitrogen and oxygen atoms in total. The number of rotatable bonds is 1. The van der Waals surface area contributed by atoms with E-state index in [0.717, 1.165) is 25.7 Å². The maximum atomic E-state index is 10.6. The molecule has 0 aromatic carbocycles. The van der Waals surface area contributed by atoms with Gasteiger partial charge in [-0.3, -0.25) is 0 Å². The lowest BCUT2D eigenvalue weighted by Crippen LogP contribution is -2.20. The summed E-state index contributed by atoms with van der Waals surface area (Å²) in [5.41, 5.74) is 0. The molecule has 1 rings (SSSR count). The van der Waals surface area contributed by atoms with Gasteiger partial charge in [0.1, 0.15) is 6.10 Å². The fourth-order valence-electron chi connectivity index (χ4n) is 1.20. The van der Waals surface area contributed by atoms with E-state index < -0.39 is 6.16 Å². The molecule has 1 saturated carbocycles. The molecular formula is C8H13O3. The molecule has 0 unspecified atom stereocenters. The first kappa shape index (κ1) is 8.37. The Labute approximate surface area is 66.7 Å². The minimum Gasteiger partial charge on any atom is -0.438 e. The van der Waals surface area contributed by atoms with Crippen molar-refractivity contribution in [1.82, 2.24) is 0 Å². The zero-order valence-electron chi connectivity index (χ0n) is 6.71. The van der Waals surface area contributed by atoms with Gasteiger partial charge in [0.2, 0.25) is 0 Å². The van der Waals surface area contributed by atoms with Crippen LogP contribution in [0.2, 0.25) is 0 Å². The van der Waals surface area contributed by atoms with Crippen LogP contribution in [0, 0.1) is 6.42 Å². The van der Waals surface area contributed by atoms with Crippen LogP contribution in [0.1, 0.15) is 25.7 Å². The Bertz CT molecular complexity index is 127. The summed E-state index contributed by atoms with van der Waals surface area (Å²) in [5.74, 6) is 0. The second-order valence-electron chi connectivity index (χ2n) is 2.64. The maximum absolute atomic E-state index is 10.6. The highest BCUT2D eigenvalue weighted by molar-refractivity contribution is 5.59. The first-order chi connectivity index (χ1) is 5.33. The number of carbonyl (C=O) groups is 1. The third-order valence-corrected chi connectivity index (χ3v) is 1.82. The van der Waals surface area contributed by atoms with Crippen molar-refractivity contribution in [3.63, 3.8) is 0 Å². The predicted molar refractivity (Wildman–Crippen MR) is 40.0 cm³/mol. The van der Waals surface area contributed by atoms with Gasteiger partial charge in [0.05, 0.1) is 7.11 Å². The van der Waals surface area contributed by atoms with Gasteiger partial charge in [0.15, 0.2) is 0 Å². The lowest BCUT2D eigenvalue weighted by atomic mass is 9.98. The van der Waals surface area contributed by atoms with E-state index in [1.54, 1.807) is 0 Å². The molecule has 0 N–H and O–H groups in total. The van der Waals surface area contributed by atoms with Crippen molar-refractivity contribution >= 4 is 6.16 Å². The summed E-state index contributed by atoms with van der Waals surface area (Å²) in [6.07, 6.45) is 5.70. The van der Waals surface area contributed by atoms with Crippen LogP contribution in [-0.4, -0.2) is 19.4 Å². The quantitative estimate of drug-likeness (QED) is 0.545. The topological polar surface area (TPSA) is 35.5 Å². The maximum Gasteiger partial charge on any atom is 0.508 e. The fraction of sp³-hybridized carbons (Fsp3) is 0.750.